The smallest absolute Gasteiger partial charge is 0.263 e. The Morgan fingerprint density at radius 2 is 2.04 bits per heavy atom. The maximum absolute atomic E-state index is 12.4. The Labute approximate surface area is 147 Å². The van der Waals surface area contributed by atoms with E-state index < -0.39 is 0 Å². The minimum Gasteiger partial charge on any atom is -0.493 e. The lowest BCUT2D eigenvalue weighted by atomic mass is 9.96. The van der Waals surface area contributed by atoms with Gasteiger partial charge >= 0.3 is 0 Å². The van der Waals surface area contributed by atoms with Crippen LogP contribution in [-0.2, 0) is 13.5 Å². The van der Waals surface area contributed by atoms with Gasteiger partial charge in [-0.25, -0.2) is 0 Å². The van der Waals surface area contributed by atoms with Crippen LogP contribution < -0.4 is 15.6 Å². The first-order chi connectivity index (χ1) is 12.0. The lowest BCUT2D eigenvalue weighted by Gasteiger charge is -2.25. The normalized spacial score (nSPS) is 16.2. The highest BCUT2D eigenvalue weighted by Crippen LogP contribution is 2.26. The van der Waals surface area contributed by atoms with Gasteiger partial charge in [0.05, 0.1) is 6.61 Å². The van der Waals surface area contributed by atoms with Gasteiger partial charge in [-0.15, -0.1) is 0 Å². The fourth-order valence-electron chi connectivity index (χ4n) is 3.26. The lowest BCUT2D eigenvalue weighted by molar-refractivity contribution is 0.0937. The van der Waals surface area contributed by atoms with E-state index in [1.165, 1.54) is 0 Å². The topological polar surface area (TPSA) is 60.3 Å². The molecule has 1 aliphatic heterocycles. The third kappa shape index (κ3) is 3.60. The summed E-state index contributed by atoms with van der Waals surface area (Å²) in [6, 6.07) is 11.4. The van der Waals surface area contributed by atoms with E-state index in [-0.39, 0.29) is 28.9 Å². The van der Waals surface area contributed by atoms with Gasteiger partial charge in [-0.3, -0.25) is 9.59 Å². The molecule has 2 aromatic rings. The van der Waals surface area contributed by atoms with Gasteiger partial charge in [0.2, 0.25) is 0 Å². The van der Waals surface area contributed by atoms with Crippen LogP contribution >= 0.6 is 0 Å². The van der Waals surface area contributed by atoms with Crippen molar-refractivity contribution in [1.29, 1.82) is 0 Å². The minimum atomic E-state index is -0.324. The summed E-state index contributed by atoms with van der Waals surface area (Å²) < 4.78 is 7.30. The highest BCUT2D eigenvalue weighted by atomic mass is 16.5. The number of carbonyl (C=O) groups excluding carboxylic acids is 1. The third-order valence-corrected chi connectivity index (χ3v) is 4.69. The average molecular weight is 340 g/mol. The fourth-order valence-corrected chi connectivity index (χ4v) is 3.26. The molecule has 0 saturated heterocycles. The summed E-state index contributed by atoms with van der Waals surface area (Å²) in [4.78, 5) is 24.8. The summed E-state index contributed by atoms with van der Waals surface area (Å²) in [5.41, 5.74) is 2.00. The van der Waals surface area contributed by atoms with E-state index in [9.17, 15) is 9.59 Å². The second-order valence-corrected chi connectivity index (χ2v) is 6.89. The number of carbonyl (C=O) groups is 1. The number of hydrogen-bond donors (Lipinski definition) is 1. The molecule has 1 amide bonds. The maximum atomic E-state index is 12.4. The van der Waals surface area contributed by atoms with Gasteiger partial charge in [-0.05, 0) is 36.1 Å². The van der Waals surface area contributed by atoms with Gasteiger partial charge in [0.1, 0.15) is 11.3 Å². The summed E-state index contributed by atoms with van der Waals surface area (Å²) >= 11 is 0. The second kappa shape index (κ2) is 7.13. The number of pyridine rings is 1. The Bertz CT molecular complexity index is 839. The zero-order valence-electron chi connectivity index (χ0n) is 14.9. The summed E-state index contributed by atoms with van der Waals surface area (Å²) in [5, 5.41) is 2.88. The van der Waals surface area contributed by atoms with Gasteiger partial charge in [0.25, 0.3) is 11.5 Å². The van der Waals surface area contributed by atoms with Crippen LogP contribution in [0.3, 0.4) is 0 Å². The third-order valence-electron chi connectivity index (χ3n) is 4.69. The Morgan fingerprint density at radius 3 is 2.80 bits per heavy atom. The van der Waals surface area contributed by atoms with Crippen LogP contribution in [-0.4, -0.2) is 23.6 Å². The molecule has 5 nitrogen and oxygen atoms in total. The molecular formula is C20H24N2O3. The van der Waals surface area contributed by atoms with Crippen LogP contribution in [0.2, 0.25) is 0 Å². The van der Waals surface area contributed by atoms with Crippen LogP contribution in [0.1, 0.15) is 41.4 Å². The van der Waals surface area contributed by atoms with E-state index in [4.69, 9.17) is 4.74 Å². The predicted octanol–water partition coefficient (Wildman–Crippen LogP) is 2.49. The molecule has 5 heteroatoms. The SMILES string of the molecule is CC(C)c1ccc(C(=O)NC[C@H]2COc3ccccc3C2)c(=O)n1C. The molecule has 25 heavy (non-hydrogen) atoms. The van der Waals surface area contributed by atoms with Crippen molar-refractivity contribution in [3.8, 4) is 5.75 Å². The number of hydrogen-bond acceptors (Lipinski definition) is 3. The monoisotopic (exact) mass is 340 g/mol. The molecule has 2 heterocycles. The molecule has 1 aliphatic rings. The van der Waals surface area contributed by atoms with Crippen molar-refractivity contribution in [3.63, 3.8) is 0 Å². The quantitative estimate of drug-likeness (QED) is 0.930. The van der Waals surface area contributed by atoms with Crippen LogP contribution in [0.25, 0.3) is 0 Å². The summed E-state index contributed by atoms with van der Waals surface area (Å²) in [7, 11) is 1.71. The number of ether oxygens (including phenoxy) is 1. The van der Waals surface area contributed by atoms with E-state index in [0.29, 0.717) is 13.2 Å². The van der Waals surface area contributed by atoms with E-state index in [1.54, 1.807) is 17.7 Å². The van der Waals surface area contributed by atoms with Crippen molar-refractivity contribution in [3.05, 3.63) is 63.6 Å². The largest absolute Gasteiger partial charge is 0.493 e. The number of para-hydroxylation sites is 1. The summed E-state index contributed by atoms with van der Waals surface area (Å²) in [5.74, 6) is 1.03. The zero-order chi connectivity index (χ0) is 18.0. The van der Waals surface area contributed by atoms with Crippen molar-refractivity contribution in [2.75, 3.05) is 13.2 Å². The minimum absolute atomic E-state index is 0.184. The molecule has 3 rings (SSSR count). The first kappa shape index (κ1) is 17.3. The molecule has 0 fully saturated rings. The number of fused-ring (bicyclic) bond motifs is 1. The first-order valence-electron chi connectivity index (χ1n) is 8.66. The van der Waals surface area contributed by atoms with Gasteiger partial charge in [-0.2, -0.15) is 0 Å². The molecule has 0 bridgehead atoms. The lowest BCUT2D eigenvalue weighted by Crippen LogP contribution is -2.38. The first-order valence-corrected chi connectivity index (χ1v) is 8.66. The fraction of sp³-hybridized carbons (Fsp3) is 0.400. The molecule has 132 valence electrons. The molecule has 0 spiro atoms. The van der Waals surface area contributed by atoms with Crippen molar-refractivity contribution in [2.24, 2.45) is 13.0 Å². The van der Waals surface area contributed by atoms with E-state index in [2.05, 4.69) is 5.32 Å². The summed E-state index contributed by atoms with van der Waals surface area (Å²) in [6.45, 7) is 5.11. The maximum Gasteiger partial charge on any atom is 0.263 e. The van der Waals surface area contributed by atoms with Crippen molar-refractivity contribution >= 4 is 5.91 Å². The Morgan fingerprint density at radius 1 is 1.28 bits per heavy atom. The number of benzene rings is 1. The van der Waals surface area contributed by atoms with Crippen LogP contribution in [0.5, 0.6) is 5.75 Å². The zero-order valence-corrected chi connectivity index (χ0v) is 14.9. The van der Waals surface area contributed by atoms with Crippen molar-refractivity contribution in [1.82, 2.24) is 9.88 Å². The van der Waals surface area contributed by atoms with Crippen LogP contribution in [0.4, 0.5) is 0 Å². The van der Waals surface area contributed by atoms with E-state index in [1.807, 2.05) is 44.2 Å². The molecule has 0 aliphatic carbocycles. The number of rotatable bonds is 4. The Balaban J connectivity index is 1.66. The van der Waals surface area contributed by atoms with E-state index >= 15 is 0 Å². The van der Waals surface area contributed by atoms with Crippen LogP contribution in [0, 0.1) is 5.92 Å². The van der Waals surface area contributed by atoms with Crippen molar-refractivity contribution in [2.45, 2.75) is 26.2 Å². The number of amides is 1. The second-order valence-electron chi connectivity index (χ2n) is 6.89. The van der Waals surface area contributed by atoms with Crippen molar-refractivity contribution < 1.29 is 9.53 Å². The standard InChI is InChI=1S/C20H24N2O3/c1-13(2)17-9-8-16(20(24)22(17)3)19(23)21-11-14-10-15-6-4-5-7-18(15)25-12-14/h4-9,13-14H,10-12H2,1-3H3,(H,21,23)/t14-/m0/s1. The predicted molar refractivity (Wildman–Crippen MR) is 97.2 cm³/mol. The molecule has 1 atom stereocenters. The number of nitrogens with zero attached hydrogens (tertiary/aromatic N) is 1. The van der Waals surface area contributed by atoms with Gasteiger partial charge in [0, 0.05) is 25.2 Å². The van der Waals surface area contributed by atoms with Crippen LogP contribution in [0.15, 0.2) is 41.2 Å². The average Bonchev–Trinajstić information content (AvgIpc) is 2.61. The number of aromatic nitrogens is 1. The number of nitrogens with one attached hydrogen (secondary N) is 1. The summed E-state index contributed by atoms with van der Waals surface area (Å²) in [6.07, 6.45) is 0.862. The van der Waals surface area contributed by atoms with E-state index in [0.717, 1.165) is 23.4 Å². The molecular weight excluding hydrogens is 316 g/mol. The molecule has 1 aromatic heterocycles. The Kier molecular flexibility index (Phi) is 4.93. The Hall–Kier alpha value is -2.56. The highest BCUT2D eigenvalue weighted by Gasteiger charge is 2.21. The van der Waals surface area contributed by atoms with Gasteiger partial charge in [-0.1, -0.05) is 32.0 Å². The molecule has 1 aromatic carbocycles. The van der Waals surface area contributed by atoms with Gasteiger partial charge < -0.3 is 14.6 Å². The highest BCUT2D eigenvalue weighted by molar-refractivity contribution is 5.93. The molecule has 0 saturated carbocycles. The molecule has 0 unspecified atom stereocenters. The molecule has 1 N–H and O–H groups in total. The molecule has 0 radical (unpaired) electrons. The van der Waals surface area contributed by atoms with Gasteiger partial charge in [0.15, 0.2) is 0 Å².